The number of rotatable bonds is 4. The summed E-state index contributed by atoms with van der Waals surface area (Å²) >= 11 is 0. The molecule has 0 aliphatic carbocycles. The van der Waals surface area contributed by atoms with Crippen LogP contribution in [-0.4, -0.2) is 12.5 Å². The molecule has 1 N–H and O–H groups in total. The minimum absolute atomic E-state index is 0.0360. The van der Waals surface area contributed by atoms with Crippen LogP contribution in [0, 0.1) is 6.92 Å². The maximum atomic E-state index is 10.1. The molecule has 0 saturated carbocycles. The number of anilines is 1. The normalized spacial score (nSPS) is 9.62. The van der Waals surface area contributed by atoms with Crippen LogP contribution >= 0.6 is 0 Å². The van der Waals surface area contributed by atoms with Gasteiger partial charge in [-0.15, -0.1) is 0 Å². The van der Waals surface area contributed by atoms with Gasteiger partial charge in [0.05, 0.1) is 0 Å². The van der Waals surface area contributed by atoms with E-state index in [1.807, 2.05) is 31.2 Å². The van der Waals surface area contributed by atoms with Crippen LogP contribution in [0.3, 0.4) is 0 Å². The molecule has 13 heavy (non-hydrogen) atoms. The fraction of sp³-hybridized carbons (Fsp3) is 0.300. The maximum absolute atomic E-state index is 10.1. The average molecular weight is 178 g/mol. The second-order valence-electron chi connectivity index (χ2n) is 2.86. The third kappa shape index (κ3) is 3.15. The highest BCUT2D eigenvalue weighted by molar-refractivity contribution is 5.65. The van der Waals surface area contributed by atoms with E-state index in [9.17, 15) is 9.90 Å². The minimum Gasteiger partial charge on any atom is -0.550 e. The monoisotopic (exact) mass is 178 g/mol. The van der Waals surface area contributed by atoms with Gasteiger partial charge in [-0.25, -0.2) is 0 Å². The van der Waals surface area contributed by atoms with Crippen LogP contribution < -0.4 is 10.4 Å². The standard InChI is InChI=1S/C10H13NO2/c1-8-4-2-3-5-9(8)11-7-6-10(12)13/h2-5,11H,6-7H2,1H3,(H,12,13)/p-1. The van der Waals surface area contributed by atoms with Gasteiger partial charge in [-0.2, -0.15) is 0 Å². The average Bonchev–Trinajstić information content (AvgIpc) is 2.08. The third-order valence-electron chi connectivity index (χ3n) is 1.79. The van der Waals surface area contributed by atoms with Crippen LogP contribution in [0.4, 0.5) is 5.69 Å². The van der Waals surface area contributed by atoms with Gasteiger partial charge in [0.1, 0.15) is 0 Å². The molecule has 0 aliphatic heterocycles. The van der Waals surface area contributed by atoms with Gasteiger partial charge in [-0.05, 0) is 18.6 Å². The fourth-order valence-corrected chi connectivity index (χ4v) is 1.07. The number of hydrogen-bond acceptors (Lipinski definition) is 3. The Labute approximate surface area is 77.4 Å². The Hall–Kier alpha value is -1.51. The topological polar surface area (TPSA) is 52.2 Å². The first-order valence-electron chi connectivity index (χ1n) is 4.19. The summed E-state index contributed by atoms with van der Waals surface area (Å²) in [6, 6.07) is 7.75. The second-order valence-corrected chi connectivity index (χ2v) is 2.86. The lowest BCUT2D eigenvalue weighted by atomic mass is 10.2. The zero-order valence-electron chi connectivity index (χ0n) is 7.54. The summed E-state index contributed by atoms with van der Waals surface area (Å²) in [6.07, 6.45) is 0.0360. The van der Waals surface area contributed by atoms with Crippen molar-refractivity contribution in [3.8, 4) is 0 Å². The lowest BCUT2D eigenvalue weighted by Crippen LogP contribution is -2.24. The Balaban J connectivity index is 2.45. The summed E-state index contributed by atoms with van der Waals surface area (Å²) in [7, 11) is 0. The first-order chi connectivity index (χ1) is 6.20. The summed E-state index contributed by atoms with van der Waals surface area (Å²) in [5.74, 6) is -1.03. The number of benzene rings is 1. The number of hydrogen-bond donors (Lipinski definition) is 1. The Bertz CT molecular complexity index is 297. The first-order valence-corrected chi connectivity index (χ1v) is 4.19. The molecular weight excluding hydrogens is 166 g/mol. The summed E-state index contributed by atoms with van der Waals surface area (Å²) in [5.41, 5.74) is 2.09. The quantitative estimate of drug-likeness (QED) is 0.732. The van der Waals surface area contributed by atoms with Gasteiger partial charge in [0.15, 0.2) is 0 Å². The first kappa shape index (κ1) is 9.58. The Morgan fingerprint density at radius 1 is 1.46 bits per heavy atom. The van der Waals surface area contributed by atoms with Gasteiger partial charge in [0, 0.05) is 24.6 Å². The van der Waals surface area contributed by atoms with E-state index in [1.165, 1.54) is 0 Å². The summed E-state index contributed by atoms with van der Waals surface area (Å²) in [5, 5.41) is 13.1. The molecule has 3 nitrogen and oxygen atoms in total. The van der Waals surface area contributed by atoms with E-state index in [0.717, 1.165) is 11.3 Å². The van der Waals surface area contributed by atoms with Crippen molar-refractivity contribution < 1.29 is 9.90 Å². The molecule has 0 spiro atoms. The predicted octanol–water partition coefficient (Wildman–Crippen LogP) is 0.547. The van der Waals surface area contributed by atoms with Crippen molar-refractivity contribution in [2.24, 2.45) is 0 Å². The van der Waals surface area contributed by atoms with Gasteiger partial charge in [-0.3, -0.25) is 0 Å². The van der Waals surface area contributed by atoms with E-state index < -0.39 is 5.97 Å². The number of carbonyl (C=O) groups excluding carboxylic acids is 1. The van der Waals surface area contributed by atoms with Crippen molar-refractivity contribution >= 4 is 11.7 Å². The number of aryl methyl sites for hydroxylation is 1. The van der Waals surface area contributed by atoms with Crippen molar-refractivity contribution in [3.63, 3.8) is 0 Å². The minimum atomic E-state index is -1.03. The highest BCUT2D eigenvalue weighted by Gasteiger charge is 1.94. The number of carboxylic acid groups (broad SMARTS) is 1. The molecule has 0 aliphatic rings. The van der Waals surface area contributed by atoms with E-state index in [2.05, 4.69) is 5.32 Å². The van der Waals surface area contributed by atoms with Gasteiger partial charge in [0.25, 0.3) is 0 Å². The van der Waals surface area contributed by atoms with Crippen LogP contribution in [-0.2, 0) is 4.79 Å². The van der Waals surface area contributed by atoms with E-state index in [-0.39, 0.29) is 6.42 Å². The maximum Gasteiger partial charge on any atom is 0.0431 e. The fourth-order valence-electron chi connectivity index (χ4n) is 1.07. The molecule has 1 aromatic carbocycles. The highest BCUT2D eigenvalue weighted by Crippen LogP contribution is 2.12. The Morgan fingerprint density at radius 2 is 2.15 bits per heavy atom. The number of carbonyl (C=O) groups is 1. The molecular formula is C10H12NO2-. The molecule has 0 bridgehead atoms. The molecule has 0 aromatic heterocycles. The van der Waals surface area contributed by atoms with Crippen molar-refractivity contribution in [2.75, 3.05) is 11.9 Å². The molecule has 3 heteroatoms. The lowest BCUT2D eigenvalue weighted by molar-refractivity contribution is -0.305. The molecule has 0 radical (unpaired) electrons. The van der Waals surface area contributed by atoms with Crippen LogP contribution in [0.25, 0.3) is 0 Å². The molecule has 0 unspecified atom stereocenters. The van der Waals surface area contributed by atoms with Crippen molar-refractivity contribution in [2.45, 2.75) is 13.3 Å². The van der Waals surface area contributed by atoms with Gasteiger partial charge in [0.2, 0.25) is 0 Å². The Kier molecular flexibility index (Phi) is 3.31. The number of carboxylic acids is 1. The predicted molar refractivity (Wildman–Crippen MR) is 49.3 cm³/mol. The highest BCUT2D eigenvalue weighted by atomic mass is 16.4. The van der Waals surface area contributed by atoms with Crippen molar-refractivity contribution in [3.05, 3.63) is 29.8 Å². The second kappa shape index (κ2) is 4.50. The molecule has 1 aromatic rings. The van der Waals surface area contributed by atoms with E-state index in [1.54, 1.807) is 0 Å². The summed E-state index contributed by atoms with van der Waals surface area (Å²) in [6.45, 7) is 2.38. The van der Waals surface area contributed by atoms with Crippen LogP contribution in [0.2, 0.25) is 0 Å². The summed E-state index contributed by atoms with van der Waals surface area (Å²) in [4.78, 5) is 10.1. The molecule has 0 saturated heterocycles. The van der Waals surface area contributed by atoms with Gasteiger partial charge < -0.3 is 15.2 Å². The summed E-state index contributed by atoms with van der Waals surface area (Å²) < 4.78 is 0. The van der Waals surface area contributed by atoms with Crippen LogP contribution in [0.5, 0.6) is 0 Å². The zero-order valence-corrected chi connectivity index (χ0v) is 7.54. The number of aliphatic carboxylic acids is 1. The molecule has 1 rings (SSSR count). The Morgan fingerprint density at radius 3 is 2.77 bits per heavy atom. The smallest absolute Gasteiger partial charge is 0.0431 e. The van der Waals surface area contributed by atoms with Crippen molar-refractivity contribution in [1.82, 2.24) is 0 Å². The van der Waals surface area contributed by atoms with E-state index in [4.69, 9.17) is 0 Å². The molecule has 70 valence electrons. The zero-order chi connectivity index (χ0) is 9.68. The molecule has 0 fully saturated rings. The van der Waals surface area contributed by atoms with Gasteiger partial charge >= 0.3 is 0 Å². The van der Waals surface area contributed by atoms with Crippen molar-refractivity contribution in [1.29, 1.82) is 0 Å². The number of nitrogens with one attached hydrogen (secondary N) is 1. The lowest BCUT2D eigenvalue weighted by Gasteiger charge is -2.08. The molecule has 0 amide bonds. The van der Waals surface area contributed by atoms with E-state index >= 15 is 0 Å². The van der Waals surface area contributed by atoms with E-state index in [0.29, 0.717) is 6.54 Å². The van der Waals surface area contributed by atoms with Gasteiger partial charge in [-0.1, -0.05) is 18.2 Å². The molecule has 0 atom stereocenters. The number of para-hydroxylation sites is 1. The van der Waals surface area contributed by atoms with Crippen LogP contribution in [0.15, 0.2) is 24.3 Å². The third-order valence-corrected chi connectivity index (χ3v) is 1.79. The SMILES string of the molecule is Cc1ccccc1NCCC(=O)[O-]. The molecule has 0 heterocycles. The largest absolute Gasteiger partial charge is 0.550 e. The van der Waals surface area contributed by atoms with Crippen LogP contribution in [0.1, 0.15) is 12.0 Å².